The molecule has 0 spiro atoms. The molecule has 2 unspecified atom stereocenters. The Bertz CT molecular complexity index is 141. The van der Waals surface area contributed by atoms with Crippen LogP contribution in [-0.4, -0.2) is 45.4 Å². The zero-order valence-electron chi connectivity index (χ0n) is 8.24. The van der Waals surface area contributed by atoms with Crippen molar-refractivity contribution in [3.63, 3.8) is 0 Å². The van der Waals surface area contributed by atoms with Crippen LogP contribution in [0.2, 0.25) is 0 Å². The summed E-state index contributed by atoms with van der Waals surface area (Å²) in [6, 6.07) is 0. The Morgan fingerprint density at radius 1 is 1.14 bits per heavy atom. The van der Waals surface area contributed by atoms with Crippen molar-refractivity contribution in [3.8, 4) is 0 Å². The summed E-state index contributed by atoms with van der Waals surface area (Å²) in [7, 11) is 0. The molecular weight excluding hydrogens is 186 g/mol. The number of nitrogens with one attached hydrogen (secondary N) is 1. The molecule has 0 saturated carbocycles. The number of hydrogen-bond acceptors (Lipinski definition) is 5. The van der Waals surface area contributed by atoms with Crippen LogP contribution in [0.5, 0.6) is 0 Å². The molecule has 0 radical (unpaired) electrons. The van der Waals surface area contributed by atoms with Crippen molar-refractivity contribution in [1.82, 2.24) is 5.48 Å². The minimum absolute atomic E-state index is 0.137. The van der Waals surface area contributed by atoms with E-state index in [2.05, 4.69) is 5.48 Å². The highest BCUT2D eigenvalue weighted by Gasteiger charge is 2.22. The monoisotopic (exact) mass is 203 g/mol. The summed E-state index contributed by atoms with van der Waals surface area (Å²) in [4.78, 5) is 5.14. The number of ether oxygens (including phenoxy) is 3. The van der Waals surface area contributed by atoms with Gasteiger partial charge in [-0.15, -0.1) is 0 Å². The van der Waals surface area contributed by atoms with Crippen molar-refractivity contribution >= 4 is 0 Å². The molecule has 0 bridgehead atoms. The van der Waals surface area contributed by atoms with Crippen molar-refractivity contribution in [2.75, 3.05) is 33.0 Å². The molecule has 2 atom stereocenters. The second kappa shape index (κ2) is 5.63. The summed E-state index contributed by atoms with van der Waals surface area (Å²) in [5.74, 6) is 0. The van der Waals surface area contributed by atoms with Crippen LogP contribution >= 0.6 is 0 Å². The third kappa shape index (κ3) is 4.88. The first-order valence-corrected chi connectivity index (χ1v) is 5.13. The van der Waals surface area contributed by atoms with Crippen LogP contribution in [0.25, 0.3) is 0 Å². The predicted octanol–water partition coefficient (Wildman–Crippen LogP) is 0.0595. The molecule has 2 fully saturated rings. The summed E-state index contributed by atoms with van der Waals surface area (Å²) < 4.78 is 15.3. The standard InChI is InChI=1S/C9H17NO4/c1(3-11-5-8-6-12-8)2-4-14-10-9-7-13-9/h8-10H,1-7H2. The van der Waals surface area contributed by atoms with Gasteiger partial charge in [0.05, 0.1) is 26.4 Å². The third-order valence-electron chi connectivity index (χ3n) is 2.04. The summed E-state index contributed by atoms with van der Waals surface area (Å²) >= 11 is 0. The van der Waals surface area contributed by atoms with Gasteiger partial charge in [0.1, 0.15) is 6.10 Å². The van der Waals surface area contributed by atoms with Gasteiger partial charge in [0.2, 0.25) is 0 Å². The lowest BCUT2D eigenvalue weighted by Gasteiger charge is -2.03. The van der Waals surface area contributed by atoms with Crippen LogP contribution in [0.3, 0.4) is 0 Å². The lowest BCUT2D eigenvalue weighted by Crippen LogP contribution is -2.18. The minimum atomic E-state index is 0.137. The van der Waals surface area contributed by atoms with Crippen molar-refractivity contribution < 1.29 is 19.0 Å². The summed E-state index contributed by atoms with van der Waals surface area (Å²) in [5, 5.41) is 0. The van der Waals surface area contributed by atoms with Gasteiger partial charge in [-0.3, -0.25) is 4.84 Å². The van der Waals surface area contributed by atoms with E-state index in [9.17, 15) is 0 Å². The Morgan fingerprint density at radius 2 is 1.93 bits per heavy atom. The van der Waals surface area contributed by atoms with Crippen LogP contribution in [0.15, 0.2) is 0 Å². The predicted molar refractivity (Wildman–Crippen MR) is 48.6 cm³/mol. The van der Waals surface area contributed by atoms with Crippen molar-refractivity contribution in [1.29, 1.82) is 0 Å². The normalized spacial score (nSPS) is 29.1. The number of unbranched alkanes of at least 4 members (excludes halogenated alkanes) is 1. The molecule has 5 heteroatoms. The third-order valence-corrected chi connectivity index (χ3v) is 2.04. The van der Waals surface area contributed by atoms with Gasteiger partial charge in [-0.1, -0.05) is 0 Å². The van der Waals surface area contributed by atoms with E-state index in [0.717, 1.165) is 39.3 Å². The maximum atomic E-state index is 5.37. The Kier molecular flexibility index (Phi) is 4.15. The topological polar surface area (TPSA) is 55.5 Å². The van der Waals surface area contributed by atoms with Gasteiger partial charge in [0.15, 0.2) is 6.23 Å². The Balaban J connectivity index is 1.25. The Labute approximate surface area is 83.6 Å². The quantitative estimate of drug-likeness (QED) is 0.326. The number of epoxide rings is 2. The Morgan fingerprint density at radius 3 is 2.64 bits per heavy atom. The molecule has 0 aromatic carbocycles. The molecule has 1 N–H and O–H groups in total. The highest BCUT2D eigenvalue weighted by Crippen LogP contribution is 2.08. The van der Waals surface area contributed by atoms with Crippen molar-refractivity contribution in [3.05, 3.63) is 0 Å². The lowest BCUT2D eigenvalue weighted by molar-refractivity contribution is 0.00991. The molecule has 0 aromatic rings. The van der Waals surface area contributed by atoms with E-state index in [0.29, 0.717) is 12.7 Å². The zero-order valence-corrected chi connectivity index (χ0v) is 8.24. The van der Waals surface area contributed by atoms with Gasteiger partial charge < -0.3 is 14.2 Å². The van der Waals surface area contributed by atoms with E-state index in [1.807, 2.05) is 0 Å². The first-order chi connectivity index (χ1) is 6.95. The summed E-state index contributed by atoms with van der Waals surface area (Å²) in [6.07, 6.45) is 2.55. The maximum Gasteiger partial charge on any atom is 0.153 e. The summed E-state index contributed by atoms with van der Waals surface area (Å²) in [6.45, 7) is 3.89. The molecule has 82 valence electrons. The van der Waals surface area contributed by atoms with E-state index in [1.165, 1.54) is 0 Å². The average Bonchev–Trinajstić information content (AvgIpc) is 3.00. The average molecular weight is 203 g/mol. The van der Waals surface area contributed by atoms with Gasteiger partial charge >= 0.3 is 0 Å². The van der Waals surface area contributed by atoms with Crippen molar-refractivity contribution in [2.45, 2.75) is 25.2 Å². The van der Waals surface area contributed by atoms with Crippen LogP contribution in [-0.2, 0) is 19.0 Å². The van der Waals surface area contributed by atoms with Crippen LogP contribution < -0.4 is 5.48 Å². The fourth-order valence-electron chi connectivity index (χ4n) is 1.03. The van der Waals surface area contributed by atoms with Crippen LogP contribution in [0.4, 0.5) is 0 Å². The van der Waals surface area contributed by atoms with Crippen LogP contribution in [0.1, 0.15) is 12.8 Å². The molecule has 2 heterocycles. The number of hydroxylamine groups is 1. The maximum absolute atomic E-state index is 5.37. The van der Waals surface area contributed by atoms with E-state index < -0.39 is 0 Å². The highest BCUT2D eigenvalue weighted by atomic mass is 16.7. The minimum Gasteiger partial charge on any atom is -0.379 e. The summed E-state index contributed by atoms with van der Waals surface area (Å²) in [5.41, 5.74) is 2.79. The van der Waals surface area contributed by atoms with E-state index in [4.69, 9.17) is 19.0 Å². The first-order valence-electron chi connectivity index (χ1n) is 5.13. The second-order valence-corrected chi connectivity index (χ2v) is 3.53. The molecule has 14 heavy (non-hydrogen) atoms. The number of rotatable bonds is 9. The lowest BCUT2D eigenvalue weighted by atomic mass is 10.3. The molecule has 2 rings (SSSR count). The molecule has 2 aliphatic rings. The van der Waals surface area contributed by atoms with E-state index >= 15 is 0 Å². The van der Waals surface area contributed by atoms with Gasteiger partial charge in [0, 0.05) is 6.61 Å². The highest BCUT2D eigenvalue weighted by molar-refractivity contribution is 4.66. The van der Waals surface area contributed by atoms with Crippen molar-refractivity contribution in [2.24, 2.45) is 0 Å². The van der Waals surface area contributed by atoms with Gasteiger partial charge in [-0.2, -0.15) is 5.48 Å². The molecule has 0 amide bonds. The molecule has 2 saturated heterocycles. The number of hydrogen-bond donors (Lipinski definition) is 1. The zero-order chi connectivity index (χ0) is 9.64. The fourth-order valence-corrected chi connectivity index (χ4v) is 1.03. The smallest absolute Gasteiger partial charge is 0.153 e. The molecule has 0 aromatic heterocycles. The molecule has 2 aliphatic heterocycles. The van der Waals surface area contributed by atoms with Gasteiger partial charge in [0.25, 0.3) is 0 Å². The second-order valence-electron chi connectivity index (χ2n) is 3.53. The molecular formula is C9H17NO4. The van der Waals surface area contributed by atoms with Gasteiger partial charge in [-0.25, -0.2) is 0 Å². The Hall–Kier alpha value is -0.200. The first kappa shape index (κ1) is 10.3. The van der Waals surface area contributed by atoms with Crippen LogP contribution in [0, 0.1) is 0 Å². The van der Waals surface area contributed by atoms with E-state index in [1.54, 1.807) is 0 Å². The van der Waals surface area contributed by atoms with E-state index in [-0.39, 0.29) is 6.23 Å². The SMILES string of the molecule is C(CCONC1CO1)COCC1CO1. The largest absolute Gasteiger partial charge is 0.379 e. The van der Waals surface area contributed by atoms with Gasteiger partial charge in [-0.05, 0) is 12.8 Å². The molecule has 5 nitrogen and oxygen atoms in total. The fraction of sp³-hybridized carbons (Fsp3) is 1.00. The molecule has 0 aliphatic carbocycles.